The van der Waals surface area contributed by atoms with E-state index < -0.39 is 0 Å². The van der Waals surface area contributed by atoms with Gasteiger partial charge in [0.15, 0.2) is 0 Å². The first-order valence-corrected chi connectivity index (χ1v) is 16.8. The van der Waals surface area contributed by atoms with Gasteiger partial charge in [-0.25, -0.2) is 0 Å². The minimum atomic E-state index is 1.11. The normalized spacial score (nSPS) is 11.3. The molecule has 0 saturated carbocycles. The van der Waals surface area contributed by atoms with Crippen molar-refractivity contribution in [2.24, 2.45) is 0 Å². The van der Waals surface area contributed by atoms with Gasteiger partial charge in [-0.3, -0.25) is 0 Å². The smallest absolute Gasteiger partial charge is 0.0540 e. The second-order valence-corrected chi connectivity index (χ2v) is 12.6. The van der Waals surface area contributed by atoms with Crippen LogP contribution in [0.4, 0.5) is 17.1 Å². The van der Waals surface area contributed by atoms with Gasteiger partial charge in [-0.15, -0.1) is 0 Å². The second kappa shape index (κ2) is 12.3. The molecule has 0 atom stereocenters. The summed E-state index contributed by atoms with van der Waals surface area (Å²) in [6.07, 6.45) is 0. The van der Waals surface area contributed by atoms with Crippen LogP contribution in [0, 0.1) is 0 Å². The Morgan fingerprint density at radius 1 is 0.286 bits per heavy atom. The molecular formula is C48H33N. The highest BCUT2D eigenvalue weighted by Gasteiger charge is 2.18. The Hall–Kier alpha value is -6.44. The summed E-state index contributed by atoms with van der Waals surface area (Å²) < 4.78 is 0. The summed E-state index contributed by atoms with van der Waals surface area (Å²) in [6.45, 7) is 0. The molecule has 0 aliphatic heterocycles. The quantitative estimate of drug-likeness (QED) is 0.167. The Balaban J connectivity index is 1.15. The Kier molecular flexibility index (Phi) is 7.22. The highest BCUT2D eigenvalue weighted by Crippen LogP contribution is 2.43. The molecule has 49 heavy (non-hydrogen) atoms. The molecule has 9 aromatic rings. The Morgan fingerprint density at radius 3 is 1.55 bits per heavy atom. The van der Waals surface area contributed by atoms with E-state index in [2.05, 4.69) is 205 Å². The number of benzene rings is 9. The largest absolute Gasteiger partial charge is 0.310 e. The summed E-state index contributed by atoms with van der Waals surface area (Å²) in [5, 5.41) is 7.71. The lowest BCUT2D eigenvalue weighted by molar-refractivity contribution is 1.28. The van der Waals surface area contributed by atoms with E-state index >= 15 is 0 Å². The molecule has 9 aromatic carbocycles. The Bertz CT molecular complexity index is 2570. The van der Waals surface area contributed by atoms with Gasteiger partial charge in [-0.2, -0.15) is 0 Å². The van der Waals surface area contributed by atoms with E-state index in [0.29, 0.717) is 0 Å². The molecule has 0 aromatic heterocycles. The number of nitrogens with zero attached hydrogens (tertiary/aromatic N) is 1. The third kappa shape index (κ3) is 5.32. The standard InChI is InChI=1S/C48H33N/c1-4-12-34(13-5-1)40-27-31-47(46(33-40)36-14-6-2-7-15-36)49(42-17-8-3-9-18-42)43-28-24-35(25-29-43)39-26-30-45-41(32-39)23-22-38-21-20-37-16-10-11-19-44(37)48(38)45/h1-33H. The monoisotopic (exact) mass is 623 g/mol. The van der Waals surface area contributed by atoms with E-state index in [4.69, 9.17) is 0 Å². The fourth-order valence-electron chi connectivity index (χ4n) is 7.21. The molecule has 9 rings (SSSR count). The van der Waals surface area contributed by atoms with E-state index in [0.717, 1.165) is 17.1 Å². The summed E-state index contributed by atoms with van der Waals surface area (Å²) in [5.41, 5.74) is 10.5. The molecule has 0 unspecified atom stereocenters. The maximum absolute atomic E-state index is 2.37. The van der Waals surface area contributed by atoms with Crippen molar-refractivity contribution in [1.82, 2.24) is 0 Å². The van der Waals surface area contributed by atoms with Gasteiger partial charge in [-0.1, -0.05) is 158 Å². The highest BCUT2D eigenvalue weighted by molar-refractivity contribution is 6.20. The number of rotatable bonds is 6. The van der Waals surface area contributed by atoms with Gasteiger partial charge in [0.2, 0.25) is 0 Å². The van der Waals surface area contributed by atoms with Gasteiger partial charge in [-0.05, 0) is 103 Å². The first-order valence-electron chi connectivity index (χ1n) is 16.8. The third-order valence-electron chi connectivity index (χ3n) is 9.63. The predicted octanol–water partition coefficient (Wildman–Crippen LogP) is 13.6. The van der Waals surface area contributed by atoms with Gasteiger partial charge < -0.3 is 4.90 Å². The van der Waals surface area contributed by atoms with Crippen LogP contribution in [-0.4, -0.2) is 0 Å². The second-order valence-electron chi connectivity index (χ2n) is 12.6. The third-order valence-corrected chi connectivity index (χ3v) is 9.63. The minimum absolute atomic E-state index is 1.11. The fraction of sp³-hybridized carbons (Fsp3) is 0. The van der Waals surface area contributed by atoms with Gasteiger partial charge in [0.25, 0.3) is 0 Å². The molecule has 0 spiro atoms. The fourth-order valence-corrected chi connectivity index (χ4v) is 7.21. The summed E-state index contributed by atoms with van der Waals surface area (Å²) in [6, 6.07) is 72.4. The summed E-state index contributed by atoms with van der Waals surface area (Å²) >= 11 is 0. The van der Waals surface area contributed by atoms with Crippen LogP contribution in [-0.2, 0) is 0 Å². The Morgan fingerprint density at radius 2 is 0.796 bits per heavy atom. The zero-order valence-corrected chi connectivity index (χ0v) is 27.0. The molecular weight excluding hydrogens is 591 g/mol. The van der Waals surface area contributed by atoms with Crippen molar-refractivity contribution < 1.29 is 0 Å². The van der Waals surface area contributed by atoms with Crippen molar-refractivity contribution >= 4 is 49.4 Å². The van der Waals surface area contributed by atoms with E-state index in [1.807, 2.05) is 0 Å². The molecule has 0 amide bonds. The molecule has 230 valence electrons. The molecule has 0 heterocycles. The van der Waals surface area contributed by atoms with Gasteiger partial charge in [0, 0.05) is 16.9 Å². The number of fused-ring (bicyclic) bond motifs is 5. The molecule has 0 aliphatic rings. The lowest BCUT2D eigenvalue weighted by Crippen LogP contribution is -2.11. The van der Waals surface area contributed by atoms with Crippen LogP contribution in [0.25, 0.3) is 65.7 Å². The van der Waals surface area contributed by atoms with Gasteiger partial charge >= 0.3 is 0 Å². The first kappa shape index (κ1) is 28.8. The number of para-hydroxylation sites is 1. The molecule has 0 saturated heterocycles. The zero-order chi connectivity index (χ0) is 32.6. The molecule has 0 radical (unpaired) electrons. The van der Waals surface area contributed by atoms with Crippen LogP contribution in [0.1, 0.15) is 0 Å². The average molecular weight is 624 g/mol. The van der Waals surface area contributed by atoms with Crippen molar-refractivity contribution in [3.05, 3.63) is 200 Å². The SMILES string of the molecule is c1ccc(-c2ccc(N(c3ccccc3)c3ccc(-c4ccc5c(ccc6ccc7ccccc7c65)c4)cc3)c(-c3ccccc3)c2)cc1. The predicted molar refractivity (Wildman–Crippen MR) is 210 cm³/mol. The van der Waals surface area contributed by atoms with Crippen molar-refractivity contribution in [1.29, 1.82) is 0 Å². The maximum Gasteiger partial charge on any atom is 0.0540 e. The first-order chi connectivity index (χ1) is 24.3. The lowest BCUT2D eigenvalue weighted by Gasteiger charge is -2.28. The average Bonchev–Trinajstić information content (AvgIpc) is 3.19. The zero-order valence-electron chi connectivity index (χ0n) is 27.0. The van der Waals surface area contributed by atoms with E-state index in [-0.39, 0.29) is 0 Å². The summed E-state index contributed by atoms with van der Waals surface area (Å²) in [4.78, 5) is 2.37. The summed E-state index contributed by atoms with van der Waals surface area (Å²) in [7, 11) is 0. The van der Waals surface area contributed by atoms with Crippen LogP contribution in [0.2, 0.25) is 0 Å². The van der Waals surface area contributed by atoms with Crippen molar-refractivity contribution in [2.45, 2.75) is 0 Å². The minimum Gasteiger partial charge on any atom is -0.310 e. The molecule has 0 fully saturated rings. The number of anilines is 3. The maximum atomic E-state index is 2.37. The van der Waals surface area contributed by atoms with E-state index in [1.54, 1.807) is 0 Å². The van der Waals surface area contributed by atoms with Crippen LogP contribution in [0.15, 0.2) is 200 Å². The number of hydrogen-bond acceptors (Lipinski definition) is 1. The highest BCUT2D eigenvalue weighted by atomic mass is 15.1. The van der Waals surface area contributed by atoms with Gasteiger partial charge in [0.1, 0.15) is 0 Å². The Labute approximate surface area is 287 Å². The van der Waals surface area contributed by atoms with Crippen LogP contribution < -0.4 is 4.90 Å². The topological polar surface area (TPSA) is 3.24 Å². The van der Waals surface area contributed by atoms with Crippen molar-refractivity contribution in [3.8, 4) is 33.4 Å². The lowest BCUT2D eigenvalue weighted by atomic mass is 9.94. The molecule has 1 nitrogen and oxygen atoms in total. The summed E-state index contributed by atoms with van der Waals surface area (Å²) in [5.74, 6) is 0. The van der Waals surface area contributed by atoms with Crippen LogP contribution in [0.3, 0.4) is 0 Å². The molecule has 0 aliphatic carbocycles. The van der Waals surface area contributed by atoms with E-state index in [1.165, 1.54) is 65.7 Å². The molecule has 0 bridgehead atoms. The van der Waals surface area contributed by atoms with Gasteiger partial charge in [0.05, 0.1) is 5.69 Å². The van der Waals surface area contributed by atoms with Crippen molar-refractivity contribution in [3.63, 3.8) is 0 Å². The van der Waals surface area contributed by atoms with Crippen LogP contribution >= 0.6 is 0 Å². The molecule has 0 N–H and O–H groups in total. The van der Waals surface area contributed by atoms with Crippen molar-refractivity contribution in [2.75, 3.05) is 4.90 Å². The number of hydrogen-bond donors (Lipinski definition) is 0. The van der Waals surface area contributed by atoms with Crippen LogP contribution in [0.5, 0.6) is 0 Å². The molecule has 1 heteroatoms. The van der Waals surface area contributed by atoms with E-state index in [9.17, 15) is 0 Å².